The van der Waals surface area contributed by atoms with E-state index in [-0.39, 0.29) is 66.0 Å². The third kappa shape index (κ3) is 4.51. The predicted molar refractivity (Wildman–Crippen MR) is 160 cm³/mol. The summed E-state index contributed by atoms with van der Waals surface area (Å²) in [5.41, 5.74) is -0.927. The highest BCUT2D eigenvalue weighted by Crippen LogP contribution is 2.73. The second kappa shape index (κ2) is 11.2. The zero-order chi connectivity index (χ0) is 33.2. The molecule has 7 N–H and O–H groups in total. The van der Waals surface area contributed by atoms with Gasteiger partial charge in [0.2, 0.25) is 0 Å². The predicted octanol–water partition coefficient (Wildman–Crippen LogP) is 0.162. The van der Waals surface area contributed by atoms with E-state index in [4.69, 9.17) is 18.9 Å². The molecule has 0 aromatic heterocycles. The molecule has 12 heteroatoms. The number of aliphatic hydroxyl groups is 7. The molecule has 0 radical (unpaired) electrons. The van der Waals surface area contributed by atoms with Gasteiger partial charge in [0.1, 0.15) is 42.2 Å². The molecule has 7 rings (SSSR count). The van der Waals surface area contributed by atoms with E-state index in [1.807, 2.05) is 13.8 Å². The number of carbonyl (C=O) groups is 1. The molecule has 19 unspecified atom stereocenters. The molecule has 260 valence electrons. The molecule has 12 nitrogen and oxygen atoms in total. The maximum Gasteiger partial charge on any atom is 0.333 e. The molecule has 46 heavy (non-hydrogen) atoms. The van der Waals surface area contributed by atoms with Gasteiger partial charge in [-0.15, -0.1) is 0 Å². The number of epoxide rings is 1. The largest absolute Gasteiger partial charge is 0.458 e. The Hall–Kier alpha value is -1.19. The molecule has 0 aromatic carbocycles. The fourth-order valence-corrected chi connectivity index (χ4v) is 11.5. The Bertz CT molecular complexity index is 1260. The minimum atomic E-state index is -1.59. The van der Waals surface area contributed by atoms with Crippen LogP contribution in [-0.2, 0) is 23.7 Å². The first-order chi connectivity index (χ1) is 21.6. The van der Waals surface area contributed by atoms with Gasteiger partial charge in [-0.25, -0.2) is 4.79 Å². The van der Waals surface area contributed by atoms with E-state index < -0.39 is 72.7 Å². The van der Waals surface area contributed by atoms with E-state index in [0.29, 0.717) is 18.4 Å². The standard InChI is InChI=1S/C34H52O12/c1-13-8-20(44-30(41)14(13)2)15(3)24-19(36)10-18-23-17(6-7-32(18,24)4)33(5)22(37)9-16(11-34(33,42)29-28(23)46-29)43-31-27(40)26(39)25(38)21(12-35)45-31/h15-29,31,35-40,42H,6-12H2,1-5H3. The first-order valence-electron chi connectivity index (χ1n) is 17.2. The van der Waals surface area contributed by atoms with Gasteiger partial charge in [0.15, 0.2) is 6.29 Å². The molecule has 3 aliphatic heterocycles. The minimum absolute atomic E-state index is 0.0243. The highest BCUT2D eigenvalue weighted by Gasteiger charge is 2.79. The SMILES string of the molecule is CC1=C(C)C(=O)OC(C(C)C2C(O)CC3C4C5OC5C5(O)CC(OC6OC(CO)C(O)C(O)C6O)CC(O)C5(C)C4CCC32C)C1. The second-order valence-electron chi connectivity index (χ2n) is 16.2. The van der Waals surface area contributed by atoms with E-state index in [1.54, 1.807) is 6.92 Å². The van der Waals surface area contributed by atoms with Gasteiger partial charge in [0.25, 0.3) is 0 Å². The molecule has 19 atom stereocenters. The topological polar surface area (TPSA) is 199 Å². The van der Waals surface area contributed by atoms with Gasteiger partial charge in [-0.05, 0) is 68.1 Å². The van der Waals surface area contributed by atoms with Gasteiger partial charge in [0.05, 0.1) is 31.0 Å². The van der Waals surface area contributed by atoms with E-state index in [0.717, 1.165) is 18.4 Å². The summed E-state index contributed by atoms with van der Waals surface area (Å²) in [6, 6.07) is 0. The van der Waals surface area contributed by atoms with Crippen LogP contribution in [0.5, 0.6) is 0 Å². The number of ether oxygens (including phenoxy) is 4. The summed E-state index contributed by atoms with van der Waals surface area (Å²) in [5, 5.41) is 76.5. The number of carbonyl (C=O) groups excluding carboxylic acids is 1. The zero-order valence-corrected chi connectivity index (χ0v) is 27.4. The summed E-state index contributed by atoms with van der Waals surface area (Å²) in [6.45, 7) is 9.48. The van der Waals surface area contributed by atoms with Crippen molar-refractivity contribution >= 4 is 5.97 Å². The van der Waals surface area contributed by atoms with Crippen LogP contribution < -0.4 is 0 Å². The number of hydrogen-bond acceptors (Lipinski definition) is 12. The van der Waals surface area contributed by atoms with Crippen molar-refractivity contribution in [2.45, 2.75) is 146 Å². The van der Waals surface area contributed by atoms with Gasteiger partial charge in [-0.3, -0.25) is 0 Å². The van der Waals surface area contributed by atoms with Crippen molar-refractivity contribution in [3.05, 3.63) is 11.1 Å². The van der Waals surface area contributed by atoms with E-state index in [2.05, 4.69) is 13.8 Å². The fourth-order valence-electron chi connectivity index (χ4n) is 11.5. The van der Waals surface area contributed by atoms with Crippen molar-refractivity contribution in [2.24, 2.45) is 40.4 Å². The number of rotatable bonds is 5. The Morgan fingerprint density at radius 3 is 2.39 bits per heavy atom. The Labute approximate surface area is 269 Å². The molecule has 2 saturated heterocycles. The van der Waals surface area contributed by atoms with Crippen LogP contribution in [0.25, 0.3) is 0 Å². The van der Waals surface area contributed by atoms with Crippen LogP contribution in [0.4, 0.5) is 0 Å². The molecule has 0 spiro atoms. The van der Waals surface area contributed by atoms with Gasteiger partial charge < -0.3 is 54.7 Å². The van der Waals surface area contributed by atoms with Gasteiger partial charge >= 0.3 is 5.97 Å². The van der Waals surface area contributed by atoms with Crippen LogP contribution >= 0.6 is 0 Å². The van der Waals surface area contributed by atoms with Crippen LogP contribution in [0.2, 0.25) is 0 Å². The lowest BCUT2D eigenvalue weighted by Crippen LogP contribution is -2.71. The third-order valence-corrected chi connectivity index (χ3v) is 14.3. The van der Waals surface area contributed by atoms with Crippen molar-refractivity contribution in [1.29, 1.82) is 0 Å². The average molecular weight is 653 g/mol. The molecule has 0 aromatic rings. The van der Waals surface area contributed by atoms with Crippen molar-refractivity contribution in [3.63, 3.8) is 0 Å². The van der Waals surface area contributed by atoms with E-state index in [1.165, 1.54) is 0 Å². The molecule has 6 fully saturated rings. The van der Waals surface area contributed by atoms with Crippen LogP contribution in [0.3, 0.4) is 0 Å². The normalized spacial score (nSPS) is 57.1. The second-order valence-corrected chi connectivity index (χ2v) is 16.2. The Kier molecular flexibility index (Phi) is 8.08. The number of fused-ring (bicyclic) bond motifs is 8. The van der Waals surface area contributed by atoms with Crippen LogP contribution in [0.15, 0.2) is 11.1 Å². The first kappa shape index (κ1) is 33.3. The lowest BCUT2D eigenvalue weighted by molar-refractivity contribution is -0.329. The zero-order valence-electron chi connectivity index (χ0n) is 27.4. The van der Waals surface area contributed by atoms with Crippen molar-refractivity contribution in [3.8, 4) is 0 Å². The molecule has 0 amide bonds. The Balaban J connectivity index is 1.11. The van der Waals surface area contributed by atoms with E-state index >= 15 is 0 Å². The smallest absolute Gasteiger partial charge is 0.333 e. The van der Waals surface area contributed by atoms with Gasteiger partial charge in [-0.2, -0.15) is 0 Å². The first-order valence-corrected chi connectivity index (χ1v) is 17.2. The third-order valence-electron chi connectivity index (χ3n) is 14.3. The molecule has 4 aliphatic carbocycles. The van der Waals surface area contributed by atoms with E-state index in [9.17, 15) is 40.5 Å². The van der Waals surface area contributed by atoms with Crippen LogP contribution in [0, 0.1) is 40.4 Å². The van der Waals surface area contributed by atoms with Crippen LogP contribution in [-0.4, -0.2) is 121 Å². The Morgan fingerprint density at radius 1 is 1.00 bits per heavy atom. The summed E-state index contributed by atoms with van der Waals surface area (Å²) in [4.78, 5) is 12.6. The number of hydrogen-bond donors (Lipinski definition) is 7. The Morgan fingerprint density at radius 2 is 1.72 bits per heavy atom. The van der Waals surface area contributed by atoms with Crippen molar-refractivity contribution < 1.29 is 59.5 Å². The lowest BCUT2D eigenvalue weighted by Gasteiger charge is -2.64. The molecule has 4 saturated carbocycles. The summed E-state index contributed by atoms with van der Waals surface area (Å²) < 4.78 is 23.8. The van der Waals surface area contributed by atoms with Gasteiger partial charge in [-0.1, -0.05) is 26.3 Å². The summed E-state index contributed by atoms with van der Waals surface area (Å²) in [6.07, 6.45) is -7.55. The lowest BCUT2D eigenvalue weighted by atomic mass is 9.42. The minimum Gasteiger partial charge on any atom is -0.458 e. The summed E-state index contributed by atoms with van der Waals surface area (Å²) in [7, 11) is 0. The fraction of sp³-hybridized carbons (Fsp3) is 0.912. The molecular weight excluding hydrogens is 600 g/mol. The highest BCUT2D eigenvalue weighted by atomic mass is 16.7. The number of aliphatic hydroxyl groups excluding tert-OH is 6. The summed E-state index contributed by atoms with van der Waals surface area (Å²) in [5.74, 6) is -0.382. The number of esters is 1. The van der Waals surface area contributed by atoms with Crippen LogP contribution in [0.1, 0.15) is 73.1 Å². The molecule has 0 bridgehead atoms. The van der Waals surface area contributed by atoms with Crippen molar-refractivity contribution in [1.82, 2.24) is 0 Å². The quantitative estimate of drug-likeness (QED) is 0.121. The molecule has 3 heterocycles. The average Bonchev–Trinajstić information content (AvgIpc) is 3.76. The van der Waals surface area contributed by atoms with Gasteiger partial charge in [0, 0.05) is 30.3 Å². The monoisotopic (exact) mass is 652 g/mol. The maximum absolute atomic E-state index is 12.6. The molecule has 7 aliphatic rings. The molecular formula is C34H52O12. The summed E-state index contributed by atoms with van der Waals surface area (Å²) >= 11 is 0. The highest BCUT2D eigenvalue weighted by molar-refractivity contribution is 5.89. The van der Waals surface area contributed by atoms with Crippen molar-refractivity contribution in [2.75, 3.05) is 6.61 Å². The number of cyclic esters (lactones) is 1. The maximum atomic E-state index is 12.6.